The molecule has 0 saturated carbocycles. The zero-order chi connectivity index (χ0) is 22.8. The van der Waals surface area contributed by atoms with E-state index in [4.69, 9.17) is 27.9 Å². The number of thioether (sulfide) groups is 1. The number of halogens is 2. The van der Waals surface area contributed by atoms with E-state index in [-0.39, 0.29) is 23.9 Å². The monoisotopic (exact) mass is 511 g/mol. The Labute approximate surface area is 200 Å². The zero-order valence-electron chi connectivity index (χ0n) is 16.1. The summed E-state index contributed by atoms with van der Waals surface area (Å²) in [6.45, 7) is 0.0635. The van der Waals surface area contributed by atoms with Crippen LogP contribution in [0, 0.1) is 0 Å². The van der Waals surface area contributed by atoms with Crippen LogP contribution in [0.25, 0.3) is 0 Å². The molecule has 2 N–H and O–H groups in total. The van der Waals surface area contributed by atoms with Gasteiger partial charge >= 0.3 is 5.97 Å². The van der Waals surface area contributed by atoms with Gasteiger partial charge in [-0.15, -0.1) is 22.0 Å². The summed E-state index contributed by atoms with van der Waals surface area (Å²) in [6.07, 6.45) is -0.339. The van der Waals surface area contributed by atoms with Crippen molar-refractivity contribution in [2.24, 2.45) is 0 Å². The predicted octanol–water partition coefficient (Wildman–Crippen LogP) is 4.75. The molecule has 1 amide bonds. The molecule has 2 heterocycles. The average molecular weight is 512 g/mol. The number of nitrogens with zero attached hydrogens (tertiary/aromatic N) is 3. The summed E-state index contributed by atoms with van der Waals surface area (Å²) in [6, 6.07) is 11.4. The lowest BCUT2D eigenvalue weighted by Crippen LogP contribution is -2.31. The second-order valence-corrected chi connectivity index (χ2v) is 9.86. The van der Waals surface area contributed by atoms with Gasteiger partial charge in [-0.05, 0) is 24.3 Å². The number of carbonyl (C=O) groups is 2. The molecule has 3 aromatic rings. The summed E-state index contributed by atoms with van der Waals surface area (Å²) in [5.74, 6) is -1.06. The normalized spacial score (nSPS) is 18.2. The molecule has 166 valence electrons. The van der Waals surface area contributed by atoms with Gasteiger partial charge in [0, 0.05) is 10.6 Å². The lowest BCUT2D eigenvalue weighted by molar-refractivity contribution is -0.138. The molecule has 0 spiro atoms. The Morgan fingerprint density at radius 1 is 1.19 bits per heavy atom. The molecule has 0 radical (unpaired) electrons. The van der Waals surface area contributed by atoms with Gasteiger partial charge in [0.05, 0.1) is 16.7 Å². The third-order valence-electron chi connectivity index (χ3n) is 4.51. The van der Waals surface area contributed by atoms with E-state index in [9.17, 15) is 19.8 Å². The fourth-order valence-corrected chi connectivity index (χ4v) is 5.84. The number of amides is 1. The number of ether oxygens (including phenoxy) is 1. The number of para-hydroxylation sites is 1. The first kappa shape index (κ1) is 22.7. The molecule has 4 rings (SSSR count). The number of aliphatic carboxylic acids is 1. The van der Waals surface area contributed by atoms with Crippen LogP contribution >= 0.6 is 46.3 Å². The first-order valence-electron chi connectivity index (χ1n) is 9.22. The highest BCUT2D eigenvalue weighted by Gasteiger charge is 2.45. The number of carboxylic acids is 1. The van der Waals surface area contributed by atoms with Crippen LogP contribution in [0.1, 0.15) is 22.4 Å². The second kappa shape index (κ2) is 9.53. The van der Waals surface area contributed by atoms with Gasteiger partial charge in [-0.2, -0.15) is 0 Å². The Bertz CT molecular complexity index is 1180. The number of phenolic OH excluding ortho intramolecular Hbond substituents is 1. The Hall–Kier alpha value is -2.53. The van der Waals surface area contributed by atoms with Crippen LogP contribution in [0.5, 0.6) is 11.5 Å². The Morgan fingerprint density at radius 2 is 1.97 bits per heavy atom. The van der Waals surface area contributed by atoms with Crippen LogP contribution in [0.2, 0.25) is 10.0 Å². The minimum atomic E-state index is -1.08. The number of rotatable bonds is 7. The van der Waals surface area contributed by atoms with Gasteiger partial charge in [0.2, 0.25) is 11.0 Å². The van der Waals surface area contributed by atoms with Gasteiger partial charge in [-0.25, -0.2) is 0 Å². The van der Waals surface area contributed by atoms with E-state index in [1.54, 1.807) is 36.4 Å². The van der Waals surface area contributed by atoms with E-state index in [0.29, 0.717) is 26.4 Å². The number of aromatic nitrogens is 2. The van der Waals surface area contributed by atoms with Gasteiger partial charge in [-0.1, -0.05) is 52.7 Å². The van der Waals surface area contributed by atoms with Crippen molar-refractivity contribution in [3.8, 4) is 11.5 Å². The maximum atomic E-state index is 13.0. The van der Waals surface area contributed by atoms with Crippen LogP contribution in [0.15, 0.2) is 42.5 Å². The molecule has 1 aromatic heterocycles. The Kier molecular flexibility index (Phi) is 6.75. The Balaban J connectivity index is 1.58. The largest absolute Gasteiger partial charge is 0.508 e. The van der Waals surface area contributed by atoms with Crippen LogP contribution < -0.4 is 9.64 Å². The molecule has 1 saturated heterocycles. The van der Waals surface area contributed by atoms with E-state index in [2.05, 4.69) is 10.2 Å². The molecule has 8 nitrogen and oxygen atoms in total. The molecule has 2 unspecified atom stereocenters. The maximum Gasteiger partial charge on any atom is 0.305 e. The minimum Gasteiger partial charge on any atom is -0.508 e. The van der Waals surface area contributed by atoms with Crippen molar-refractivity contribution >= 4 is 63.3 Å². The molecule has 1 fully saturated rings. The van der Waals surface area contributed by atoms with Crippen LogP contribution in [0.3, 0.4) is 0 Å². The van der Waals surface area contributed by atoms with Crippen molar-refractivity contribution in [1.82, 2.24) is 10.2 Å². The zero-order valence-corrected chi connectivity index (χ0v) is 19.3. The number of carbonyl (C=O) groups excluding carboxylic acids is 1. The SMILES string of the molecule is O=C(O)CC1SC(c2ccccc2O)N(c2nnc(COc3ccc(Cl)cc3Cl)s2)C1=O. The number of anilines is 1. The molecule has 2 aromatic carbocycles. The fourth-order valence-electron chi connectivity index (χ4n) is 3.07. The van der Waals surface area contributed by atoms with Gasteiger partial charge in [0.1, 0.15) is 23.5 Å². The minimum absolute atomic E-state index is 0.00391. The third-order valence-corrected chi connectivity index (χ3v) is 7.36. The summed E-state index contributed by atoms with van der Waals surface area (Å²) < 4.78 is 5.68. The second-order valence-electron chi connectivity index (χ2n) is 6.68. The molecule has 32 heavy (non-hydrogen) atoms. The van der Waals surface area contributed by atoms with Gasteiger partial charge in [0.25, 0.3) is 0 Å². The number of aromatic hydroxyl groups is 1. The van der Waals surface area contributed by atoms with E-state index in [1.165, 1.54) is 11.0 Å². The lowest BCUT2D eigenvalue weighted by Gasteiger charge is -2.21. The topological polar surface area (TPSA) is 113 Å². The van der Waals surface area contributed by atoms with Crippen molar-refractivity contribution in [2.75, 3.05) is 4.90 Å². The van der Waals surface area contributed by atoms with Crippen molar-refractivity contribution in [3.63, 3.8) is 0 Å². The smallest absolute Gasteiger partial charge is 0.305 e. The fraction of sp³-hybridized carbons (Fsp3) is 0.200. The average Bonchev–Trinajstić information content (AvgIpc) is 3.32. The van der Waals surface area contributed by atoms with Gasteiger partial charge < -0.3 is 14.9 Å². The summed E-state index contributed by atoms with van der Waals surface area (Å²) in [4.78, 5) is 25.7. The quantitative estimate of drug-likeness (QED) is 0.467. The van der Waals surface area contributed by atoms with Crippen LogP contribution in [-0.4, -0.2) is 37.5 Å². The van der Waals surface area contributed by atoms with Crippen LogP contribution in [-0.2, 0) is 16.2 Å². The lowest BCUT2D eigenvalue weighted by atomic mass is 10.2. The summed E-state index contributed by atoms with van der Waals surface area (Å²) in [5, 5.41) is 27.9. The molecular formula is C20H15Cl2N3O5S2. The highest BCUT2D eigenvalue weighted by molar-refractivity contribution is 8.01. The molecular weight excluding hydrogens is 497 g/mol. The van der Waals surface area contributed by atoms with Crippen molar-refractivity contribution in [1.29, 1.82) is 0 Å². The number of hydrogen-bond acceptors (Lipinski definition) is 8. The standard InChI is InChI=1S/C20H15Cl2N3O5S2/c21-10-5-6-14(12(22)7-10)30-9-16-23-24-20(32-16)25-18(29)15(8-17(27)28)31-19(25)11-3-1-2-4-13(11)26/h1-7,15,19,26H,8-9H2,(H,27,28). The maximum absolute atomic E-state index is 13.0. The summed E-state index contributed by atoms with van der Waals surface area (Å²) in [7, 11) is 0. The third kappa shape index (κ3) is 4.78. The molecule has 1 aliphatic rings. The van der Waals surface area contributed by atoms with Crippen molar-refractivity contribution in [2.45, 2.75) is 23.7 Å². The van der Waals surface area contributed by atoms with E-state index in [1.807, 2.05) is 0 Å². The number of benzene rings is 2. The molecule has 12 heteroatoms. The van der Waals surface area contributed by atoms with E-state index in [0.717, 1.165) is 23.1 Å². The van der Waals surface area contributed by atoms with Gasteiger partial charge in [0.15, 0.2) is 5.01 Å². The van der Waals surface area contributed by atoms with Crippen molar-refractivity contribution in [3.05, 3.63) is 63.1 Å². The first-order valence-corrected chi connectivity index (χ1v) is 11.7. The van der Waals surface area contributed by atoms with E-state index >= 15 is 0 Å². The van der Waals surface area contributed by atoms with E-state index < -0.39 is 22.5 Å². The summed E-state index contributed by atoms with van der Waals surface area (Å²) >= 11 is 14.3. The highest BCUT2D eigenvalue weighted by atomic mass is 35.5. The molecule has 0 bridgehead atoms. The Morgan fingerprint density at radius 3 is 2.69 bits per heavy atom. The number of hydrogen-bond donors (Lipinski definition) is 2. The number of phenols is 1. The predicted molar refractivity (Wildman–Crippen MR) is 123 cm³/mol. The first-order chi connectivity index (χ1) is 15.3. The summed E-state index contributed by atoms with van der Waals surface area (Å²) in [5.41, 5.74) is 0.486. The van der Waals surface area contributed by atoms with Gasteiger partial charge in [-0.3, -0.25) is 14.5 Å². The molecule has 0 aliphatic carbocycles. The van der Waals surface area contributed by atoms with Crippen LogP contribution in [0.4, 0.5) is 5.13 Å². The number of carboxylic acid groups (broad SMARTS) is 1. The molecule has 2 atom stereocenters. The highest BCUT2D eigenvalue weighted by Crippen LogP contribution is 2.49. The molecule has 1 aliphatic heterocycles. The van der Waals surface area contributed by atoms with Crippen molar-refractivity contribution < 1.29 is 24.5 Å².